The first-order valence-electron chi connectivity index (χ1n) is 11.6. The Kier molecular flexibility index (Phi) is 9.76. The van der Waals surface area contributed by atoms with Crippen LogP contribution in [0.2, 0.25) is 128 Å². The summed E-state index contributed by atoms with van der Waals surface area (Å²) in [5.74, 6) is 0. The Morgan fingerprint density at radius 1 is 0.286 bits per heavy atom. The van der Waals surface area contributed by atoms with Gasteiger partial charge in [-0.25, -0.2) is 0 Å². The molecular weight excluding hydrogens is 469 g/mol. The van der Waals surface area contributed by atoms with Crippen molar-refractivity contribution in [3.63, 3.8) is 0 Å². The van der Waals surface area contributed by atoms with Crippen molar-refractivity contribution in [2.45, 2.75) is 128 Å². The molecule has 0 aliphatic rings. The van der Waals surface area contributed by atoms with Crippen molar-refractivity contribution in [1.29, 1.82) is 0 Å². The summed E-state index contributed by atoms with van der Waals surface area (Å²) in [5, 5.41) is 0. The van der Waals surface area contributed by atoms with Crippen LogP contribution in [0.15, 0.2) is 0 Å². The molecule has 0 radical (unpaired) electrons. The Balaban J connectivity index is 7.30. The Labute approximate surface area is 193 Å². The molecule has 0 rings (SSSR count). The van der Waals surface area contributed by atoms with E-state index in [1.807, 2.05) is 0 Å². The SMILES string of the molecule is C[Si](C)(C)[CH]([Ti]([CH]([Si](C)(C)C)[Si](C)(C)C)[CH]([Si](C)(C)C)[Si](C)(C)C)[Si](C)(C)C. The van der Waals surface area contributed by atoms with E-state index < -0.39 is 66.3 Å². The van der Waals surface area contributed by atoms with Crippen LogP contribution in [0.3, 0.4) is 0 Å². The van der Waals surface area contributed by atoms with Crippen molar-refractivity contribution in [2.24, 2.45) is 0 Å². The molecular formula is C21H57Si6Ti. The molecule has 0 heterocycles. The molecule has 0 aliphatic carbocycles. The van der Waals surface area contributed by atoms with Crippen LogP contribution >= 0.6 is 0 Å². The van der Waals surface area contributed by atoms with Gasteiger partial charge < -0.3 is 0 Å². The fraction of sp³-hybridized carbons (Fsp3) is 1.00. The maximum absolute atomic E-state index is 2.76. The second-order valence-corrected chi connectivity index (χ2v) is 59.3. The summed E-state index contributed by atoms with van der Waals surface area (Å²) in [6, 6.07) is 0. The summed E-state index contributed by atoms with van der Waals surface area (Å²) in [7, 11) is -7.21. The predicted molar refractivity (Wildman–Crippen MR) is 151 cm³/mol. The van der Waals surface area contributed by atoms with Gasteiger partial charge in [0.1, 0.15) is 0 Å². The van der Waals surface area contributed by atoms with Crippen LogP contribution in [0.5, 0.6) is 0 Å². The van der Waals surface area contributed by atoms with Gasteiger partial charge in [-0.3, -0.25) is 0 Å². The molecule has 28 heavy (non-hydrogen) atoms. The monoisotopic (exact) mass is 525 g/mol. The quantitative estimate of drug-likeness (QED) is 0.263. The first-order valence-corrected chi connectivity index (χ1v) is 35.8. The van der Waals surface area contributed by atoms with Crippen LogP contribution in [0, 0.1) is 0 Å². The minimum atomic E-state index is -1.35. The van der Waals surface area contributed by atoms with E-state index in [9.17, 15) is 0 Å². The van der Waals surface area contributed by atoms with Gasteiger partial charge in [-0.2, -0.15) is 0 Å². The van der Waals surface area contributed by atoms with Crippen LogP contribution in [-0.2, 0) is 17.9 Å². The first kappa shape index (κ1) is 30.0. The topological polar surface area (TPSA) is 0 Å². The number of rotatable bonds is 9. The second kappa shape index (κ2) is 9.10. The number of hydrogen-bond acceptors (Lipinski definition) is 0. The molecule has 169 valence electrons. The second-order valence-electron chi connectivity index (χ2n) is 16.0. The molecule has 0 aromatic carbocycles. The van der Waals surface area contributed by atoms with E-state index in [1.165, 1.54) is 10.4 Å². The zero-order valence-electron chi connectivity index (χ0n) is 23.2. The first-order chi connectivity index (χ1) is 11.7. The van der Waals surface area contributed by atoms with Crippen LogP contribution in [0.4, 0.5) is 0 Å². The van der Waals surface area contributed by atoms with E-state index in [2.05, 4.69) is 118 Å². The Hall–Kier alpha value is 2.02. The third-order valence-corrected chi connectivity index (χ3v) is 67.9. The van der Waals surface area contributed by atoms with Crippen LogP contribution < -0.4 is 0 Å². The van der Waals surface area contributed by atoms with Gasteiger partial charge in [0.25, 0.3) is 0 Å². The van der Waals surface area contributed by atoms with Crippen LogP contribution in [0.1, 0.15) is 0 Å². The van der Waals surface area contributed by atoms with E-state index >= 15 is 0 Å². The standard InChI is InChI=1S/3C7H19Si2.Ti/c3*1-8(2,3)7-9(4,5)6;/h3*7H,1-6H3;. The molecule has 7 heteroatoms. The van der Waals surface area contributed by atoms with Gasteiger partial charge in [-0.15, -0.1) is 0 Å². The fourth-order valence-corrected chi connectivity index (χ4v) is 90.7. The summed E-state index contributed by atoms with van der Waals surface area (Å²) in [4.78, 5) is 0. The van der Waals surface area contributed by atoms with Crippen LogP contribution in [0.25, 0.3) is 0 Å². The van der Waals surface area contributed by atoms with Gasteiger partial charge in [0, 0.05) is 0 Å². The van der Waals surface area contributed by atoms with Crippen molar-refractivity contribution >= 4 is 48.4 Å². The van der Waals surface area contributed by atoms with Crippen molar-refractivity contribution in [1.82, 2.24) is 0 Å². The van der Waals surface area contributed by atoms with Gasteiger partial charge in [-0.1, -0.05) is 0 Å². The zero-order chi connectivity index (χ0) is 23.3. The maximum atomic E-state index is 2.76. The van der Waals surface area contributed by atoms with Crippen molar-refractivity contribution in [3.8, 4) is 0 Å². The summed E-state index contributed by atoms with van der Waals surface area (Å²) in [6.45, 7) is 49.7. The van der Waals surface area contributed by atoms with E-state index in [1.54, 1.807) is 0 Å². The molecule has 0 unspecified atom stereocenters. The van der Waals surface area contributed by atoms with Gasteiger partial charge in [0.2, 0.25) is 0 Å². The molecule has 0 aromatic rings. The molecule has 0 N–H and O–H groups in total. The van der Waals surface area contributed by atoms with E-state index in [0.717, 1.165) is 0 Å². The Bertz CT molecular complexity index is 388. The van der Waals surface area contributed by atoms with Gasteiger partial charge in [-0.05, 0) is 0 Å². The molecule has 0 fully saturated rings. The van der Waals surface area contributed by atoms with Gasteiger partial charge in [0.15, 0.2) is 0 Å². The Morgan fingerprint density at radius 2 is 0.393 bits per heavy atom. The zero-order valence-corrected chi connectivity index (χ0v) is 30.8. The summed E-state index contributed by atoms with van der Waals surface area (Å²) < 4.78 is 3.64. The van der Waals surface area contributed by atoms with Gasteiger partial charge >= 0.3 is 195 Å². The van der Waals surface area contributed by atoms with Gasteiger partial charge in [0.05, 0.1) is 0 Å². The molecule has 0 atom stereocenters. The molecule has 0 bridgehead atoms. The molecule has 0 amide bonds. The van der Waals surface area contributed by atoms with Crippen molar-refractivity contribution in [2.75, 3.05) is 0 Å². The average Bonchev–Trinajstić information content (AvgIpc) is 2.13. The molecule has 0 aromatic heterocycles. The van der Waals surface area contributed by atoms with Crippen LogP contribution in [-0.4, -0.2) is 48.4 Å². The summed E-state index contributed by atoms with van der Waals surface area (Å²) in [6.07, 6.45) is 0. The molecule has 0 saturated carbocycles. The third-order valence-electron chi connectivity index (χ3n) is 6.20. The normalized spacial score (nSPS) is 15.8. The third kappa shape index (κ3) is 8.17. The number of hydrogen-bond donors (Lipinski definition) is 0. The van der Waals surface area contributed by atoms with Crippen molar-refractivity contribution in [3.05, 3.63) is 0 Å². The molecule has 0 saturated heterocycles. The summed E-state index contributed by atoms with van der Waals surface area (Å²) in [5.41, 5.74) is 0. The molecule has 0 spiro atoms. The fourth-order valence-electron chi connectivity index (χ4n) is 7.40. The summed E-state index contributed by atoms with van der Waals surface area (Å²) >= 11 is -1.35. The Morgan fingerprint density at radius 3 is 0.464 bits per heavy atom. The predicted octanol–water partition coefficient (Wildman–Crippen LogP) is 9.23. The van der Waals surface area contributed by atoms with E-state index in [-0.39, 0.29) is 0 Å². The van der Waals surface area contributed by atoms with E-state index in [4.69, 9.17) is 0 Å². The minimum absolute atomic E-state index is 1.20. The molecule has 0 nitrogen and oxygen atoms in total. The average molecular weight is 526 g/mol. The van der Waals surface area contributed by atoms with E-state index in [0.29, 0.717) is 0 Å². The van der Waals surface area contributed by atoms with Crippen molar-refractivity contribution < 1.29 is 17.9 Å². The molecule has 0 aliphatic heterocycles.